The zero-order valence-corrected chi connectivity index (χ0v) is 31.2. The maximum Gasteiger partial charge on any atom is 0.257 e. The Balaban J connectivity index is 1.08. The van der Waals surface area contributed by atoms with Gasteiger partial charge in [-0.25, -0.2) is 21.8 Å². The van der Waals surface area contributed by atoms with Crippen molar-refractivity contribution in [2.75, 3.05) is 23.7 Å². The van der Waals surface area contributed by atoms with E-state index in [1.807, 2.05) is 19.9 Å². The van der Waals surface area contributed by atoms with Crippen LogP contribution in [0.5, 0.6) is 0 Å². The first-order valence-corrected chi connectivity index (χ1v) is 21.2. The summed E-state index contributed by atoms with van der Waals surface area (Å²) in [4.78, 5) is 31.0. The second-order valence-electron chi connectivity index (χ2n) is 12.9. The molecule has 51 heavy (non-hydrogen) atoms. The van der Waals surface area contributed by atoms with E-state index in [2.05, 4.69) is 15.6 Å². The number of sulfonamides is 2. The number of hydrogen-bond donors (Lipinski definition) is 2. The molecule has 0 saturated carbocycles. The van der Waals surface area contributed by atoms with Crippen LogP contribution in [-0.4, -0.2) is 67.4 Å². The van der Waals surface area contributed by atoms with E-state index < -0.39 is 26.0 Å². The molecular formula is C37H43N5O6S3. The summed E-state index contributed by atoms with van der Waals surface area (Å²) in [7, 11) is -7.30. The molecule has 0 spiro atoms. The Morgan fingerprint density at radius 2 is 1.24 bits per heavy atom. The van der Waals surface area contributed by atoms with Crippen molar-refractivity contribution in [1.82, 2.24) is 13.6 Å². The number of carbonyl (C=O) groups excluding carboxylic acids is 2. The van der Waals surface area contributed by atoms with Gasteiger partial charge >= 0.3 is 0 Å². The molecule has 4 aromatic rings. The highest BCUT2D eigenvalue weighted by atomic mass is 32.2. The summed E-state index contributed by atoms with van der Waals surface area (Å²) in [6.45, 7) is 5.02. The minimum absolute atomic E-state index is 0.00679. The lowest BCUT2D eigenvalue weighted by atomic mass is 10.0. The minimum atomic E-state index is -3.65. The van der Waals surface area contributed by atoms with Gasteiger partial charge in [-0.2, -0.15) is 8.61 Å². The van der Waals surface area contributed by atoms with Crippen LogP contribution in [-0.2, 0) is 20.0 Å². The van der Waals surface area contributed by atoms with Gasteiger partial charge in [0, 0.05) is 52.9 Å². The molecule has 2 aliphatic rings. The molecule has 14 heteroatoms. The third-order valence-electron chi connectivity index (χ3n) is 9.68. The number of piperidine rings is 2. The molecule has 2 atom stereocenters. The monoisotopic (exact) mass is 749 g/mol. The largest absolute Gasteiger partial charge is 0.322 e. The van der Waals surface area contributed by atoms with Crippen molar-refractivity contribution in [2.45, 2.75) is 87.1 Å². The Morgan fingerprint density at radius 1 is 0.725 bits per heavy atom. The zero-order valence-electron chi connectivity index (χ0n) is 28.7. The van der Waals surface area contributed by atoms with Crippen molar-refractivity contribution in [3.8, 4) is 11.3 Å². The lowest BCUT2D eigenvalue weighted by molar-refractivity contribution is 0.101. The van der Waals surface area contributed by atoms with Gasteiger partial charge in [-0.1, -0.05) is 38.8 Å². The molecule has 2 amide bonds. The highest BCUT2D eigenvalue weighted by Crippen LogP contribution is 2.30. The molecule has 11 nitrogen and oxygen atoms in total. The van der Waals surface area contributed by atoms with E-state index in [9.17, 15) is 26.4 Å². The van der Waals surface area contributed by atoms with Crippen LogP contribution in [0, 0.1) is 0 Å². The smallest absolute Gasteiger partial charge is 0.257 e. The summed E-state index contributed by atoms with van der Waals surface area (Å²) in [6, 6.07) is 19.1. The summed E-state index contributed by atoms with van der Waals surface area (Å²) >= 11 is 1.24. The Hall–Kier alpha value is -3.95. The minimum Gasteiger partial charge on any atom is -0.322 e. The van der Waals surface area contributed by atoms with E-state index in [0.717, 1.165) is 56.9 Å². The fourth-order valence-electron chi connectivity index (χ4n) is 6.82. The first kappa shape index (κ1) is 36.8. The number of aromatic nitrogens is 1. The average Bonchev–Trinajstić information content (AvgIpc) is 3.63. The highest BCUT2D eigenvalue weighted by molar-refractivity contribution is 7.89. The van der Waals surface area contributed by atoms with Gasteiger partial charge in [-0.15, -0.1) is 11.3 Å². The predicted octanol–water partition coefficient (Wildman–Crippen LogP) is 7.22. The molecule has 0 bridgehead atoms. The number of anilines is 2. The molecule has 2 saturated heterocycles. The summed E-state index contributed by atoms with van der Waals surface area (Å²) < 4.78 is 56.4. The van der Waals surface area contributed by atoms with Gasteiger partial charge in [0.1, 0.15) is 0 Å². The Morgan fingerprint density at radius 3 is 1.75 bits per heavy atom. The molecule has 270 valence electrons. The maximum atomic E-state index is 13.3. The van der Waals surface area contributed by atoms with E-state index in [1.54, 1.807) is 32.2 Å². The molecule has 3 heterocycles. The lowest BCUT2D eigenvalue weighted by Gasteiger charge is -2.34. The second kappa shape index (κ2) is 15.7. The summed E-state index contributed by atoms with van der Waals surface area (Å²) in [5, 5.41) is 7.82. The quantitative estimate of drug-likeness (QED) is 0.165. The first-order valence-electron chi connectivity index (χ1n) is 17.4. The molecule has 2 N–H and O–H groups in total. The molecule has 0 radical (unpaired) electrons. The molecule has 3 aromatic carbocycles. The Bertz CT molecular complexity index is 2080. The van der Waals surface area contributed by atoms with Crippen LogP contribution in [0.2, 0.25) is 0 Å². The Kier molecular flexibility index (Phi) is 11.4. The van der Waals surface area contributed by atoms with Crippen LogP contribution in [0.25, 0.3) is 11.3 Å². The average molecular weight is 750 g/mol. The van der Waals surface area contributed by atoms with Gasteiger partial charge in [0.15, 0.2) is 5.13 Å². The second-order valence-corrected chi connectivity index (χ2v) is 17.6. The summed E-state index contributed by atoms with van der Waals surface area (Å²) in [6.07, 6.45) is 6.97. The number of nitrogens with one attached hydrogen (secondary N) is 2. The van der Waals surface area contributed by atoms with Crippen molar-refractivity contribution in [1.29, 1.82) is 0 Å². The lowest BCUT2D eigenvalue weighted by Crippen LogP contribution is -2.43. The summed E-state index contributed by atoms with van der Waals surface area (Å²) in [5.41, 5.74) is 2.47. The number of hydrogen-bond acceptors (Lipinski definition) is 8. The molecule has 2 aliphatic heterocycles. The van der Waals surface area contributed by atoms with Crippen LogP contribution >= 0.6 is 11.3 Å². The van der Waals surface area contributed by atoms with E-state index in [4.69, 9.17) is 0 Å². The Labute approximate surface area is 304 Å². The SMILES string of the molecule is CCC1CCCCN1S(=O)(=O)c1ccc(C(=O)Nc2cccc(-c3csc(NC(=O)c4ccc(S(=O)(=O)N5CCCCC5CC)cc4)n3)c2)cc1. The molecule has 0 aliphatic carbocycles. The van der Waals surface area contributed by atoms with E-state index in [1.165, 1.54) is 59.9 Å². The highest BCUT2D eigenvalue weighted by Gasteiger charge is 2.33. The van der Waals surface area contributed by atoms with Gasteiger partial charge in [0.2, 0.25) is 20.0 Å². The van der Waals surface area contributed by atoms with Crippen molar-refractivity contribution in [3.63, 3.8) is 0 Å². The van der Waals surface area contributed by atoms with Gasteiger partial charge in [-0.3, -0.25) is 14.9 Å². The van der Waals surface area contributed by atoms with Crippen LogP contribution in [0.3, 0.4) is 0 Å². The van der Waals surface area contributed by atoms with Gasteiger partial charge in [0.25, 0.3) is 11.8 Å². The van der Waals surface area contributed by atoms with Gasteiger partial charge < -0.3 is 5.32 Å². The number of carbonyl (C=O) groups is 2. The van der Waals surface area contributed by atoms with Crippen LogP contribution in [0.15, 0.2) is 88.0 Å². The number of benzene rings is 3. The fraction of sp³-hybridized carbons (Fsp3) is 0.378. The summed E-state index contributed by atoms with van der Waals surface area (Å²) in [5.74, 6) is -0.795. The van der Waals surface area contributed by atoms with Crippen LogP contribution in [0.1, 0.15) is 85.9 Å². The maximum absolute atomic E-state index is 13.3. The fourth-order valence-corrected chi connectivity index (χ4v) is 11.1. The zero-order chi connectivity index (χ0) is 36.2. The van der Waals surface area contributed by atoms with E-state index >= 15 is 0 Å². The number of thiazole rings is 1. The third-order valence-corrected chi connectivity index (χ3v) is 14.4. The van der Waals surface area contributed by atoms with Crippen molar-refractivity contribution < 1.29 is 26.4 Å². The van der Waals surface area contributed by atoms with Crippen LogP contribution < -0.4 is 10.6 Å². The first-order chi connectivity index (χ1) is 24.5. The molecular weight excluding hydrogens is 707 g/mol. The van der Waals surface area contributed by atoms with Gasteiger partial charge in [-0.05, 0) is 99.2 Å². The standard InChI is InChI=1S/C37H43N5O6S3/c1-3-30-12-5-7-22-41(30)50(45,46)32-18-14-26(15-19-32)35(43)38-29-11-9-10-28(24-29)34-25-49-37(39-34)40-36(44)27-16-20-33(21-17-27)51(47,48)42-23-8-6-13-31(42)4-2/h9-11,14-21,24-25,30-31H,3-8,12-13,22-23H2,1-2H3,(H,38,43)(H,39,40,44). The van der Waals surface area contributed by atoms with Gasteiger partial charge in [0.05, 0.1) is 15.5 Å². The normalized spacial score (nSPS) is 19.0. The third kappa shape index (κ3) is 8.10. The number of rotatable bonds is 11. The molecule has 6 rings (SSSR count). The number of nitrogens with zero attached hydrogens (tertiary/aromatic N) is 3. The van der Waals surface area contributed by atoms with Crippen molar-refractivity contribution in [2.24, 2.45) is 0 Å². The van der Waals surface area contributed by atoms with Crippen molar-refractivity contribution in [3.05, 3.63) is 89.3 Å². The van der Waals surface area contributed by atoms with Crippen LogP contribution in [0.4, 0.5) is 10.8 Å². The molecule has 2 unspecified atom stereocenters. The molecule has 1 aromatic heterocycles. The van der Waals surface area contributed by atoms with E-state index in [0.29, 0.717) is 40.7 Å². The number of amides is 2. The van der Waals surface area contributed by atoms with Crippen molar-refractivity contribution >= 4 is 54.0 Å². The molecule has 2 fully saturated rings. The van der Waals surface area contributed by atoms with E-state index in [-0.39, 0.29) is 27.8 Å². The topological polar surface area (TPSA) is 146 Å². The predicted molar refractivity (Wildman–Crippen MR) is 200 cm³/mol.